The summed E-state index contributed by atoms with van der Waals surface area (Å²) in [6.07, 6.45) is 3.83. The average Bonchev–Trinajstić information content (AvgIpc) is 2.85. The third-order valence-corrected chi connectivity index (χ3v) is 2.89. The Labute approximate surface area is 94.2 Å². The molecule has 0 radical (unpaired) electrons. The molecule has 1 heterocycles. The summed E-state index contributed by atoms with van der Waals surface area (Å²) in [5.74, 6) is 0.507. The smallest absolute Gasteiger partial charge is 0.273 e. The van der Waals surface area contributed by atoms with Crippen molar-refractivity contribution in [1.82, 2.24) is 20.3 Å². The van der Waals surface area contributed by atoms with Gasteiger partial charge in [0.2, 0.25) is 0 Å². The van der Waals surface area contributed by atoms with E-state index in [9.17, 15) is 4.79 Å². The largest absolute Gasteiger partial charge is 0.348 e. The highest BCUT2D eigenvalue weighted by Gasteiger charge is 2.36. The van der Waals surface area contributed by atoms with Crippen LogP contribution in [0.4, 0.5) is 0 Å². The molecule has 2 atom stereocenters. The van der Waals surface area contributed by atoms with E-state index in [1.807, 2.05) is 0 Å². The van der Waals surface area contributed by atoms with Gasteiger partial charge in [0, 0.05) is 12.6 Å². The zero-order valence-electron chi connectivity index (χ0n) is 9.39. The highest BCUT2D eigenvalue weighted by Crippen LogP contribution is 2.33. The number of aromatic nitrogens is 3. The van der Waals surface area contributed by atoms with E-state index in [1.165, 1.54) is 0 Å². The number of nitrogens with two attached hydrogens (primary N) is 1. The highest BCUT2D eigenvalue weighted by atomic mass is 16.2. The van der Waals surface area contributed by atoms with Crippen molar-refractivity contribution in [2.75, 3.05) is 6.54 Å². The fraction of sp³-hybridized carbons (Fsp3) is 0.700. The molecule has 2 rings (SSSR count). The van der Waals surface area contributed by atoms with Gasteiger partial charge in [-0.1, -0.05) is 18.6 Å². The van der Waals surface area contributed by atoms with Crippen LogP contribution in [0.15, 0.2) is 6.20 Å². The standard InChI is InChI=1S/C10H17N5O/c1-2-7-5-8(7)12-10(16)9-6-15(4-3-11)14-13-9/h6-8H,2-5,11H2,1H3,(H,12,16). The number of rotatable bonds is 5. The van der Waals surface area contributed by atoms with Gasteiger partial charge in [-0.3, -0.25) is 9.48 Å². The van der Waals surface area contributed by atoms with Crippen molar-refractivity contribution in [3.05, 3.63) is 11.9 Å². The van der Waals surface area contributed by atoms with Gasteiger partial charge in [0.1, 0.15) is 0 Å². The van der Waals surface area contributed by atoms with Gasteiger partial charge in [-0.25, -0.2) is 0 Å². The summed E-state index contributed by atoms with van der Waals surface area (Å²) in [4.78, 5) is 11.7. The van der Waals surface area contributed by atoms with Gasteiger partial charge in [-0.2, -0.15) is 0 Å². The maximum atomic E-state index is 11.7. The van der Waals surface area contributed by atoms with E-state index in [0.29, 0.717) is 30.7 Å². The second-order valence-corrected chi connectivity index (χ2v) is 4.14. The Morgan fingerprint density at radius 1 is 1.75 bits per heavy atom. The van der Waals surface area contributed by atoms with E-state index in [1.54, 1.807) is 10.9 Å². The minimum Gasteiger partial charge on any atom is -0.348 e. The monoisotopic (exact) mass is 223 g/mol. The van der Waals surface area contributed by atoms with Gasteiger partial charge < -0.3 is 11.1 Å². The molecular weight excluding hydrogens is 206 g/mol. The third-order valence-electron chi connectivity index (χ3n) is 2.89. The van der Waals surface area contributed by atoms with Crippen LogP contribution in [-0.4, -0.2) is 33.5 Å². The van der Waals surface area contributed by atoms with Crippen LogP contribution >= 0.6 is 0 Å². The van der Waals surface area contributed by atoms with Crippen molar-refractivity contribution in [2.24, 2.45) is 11.7 Å². The summed E-state index contributed by atoms with van der Waals surface area (Å²) in [5, 5.41) is 10.6. The van der Waals surface area contributed by atoms with Crippen LogP contribution in [0.3, 0.4) is 0 Å². The number of carbonyl (C=O) groups is 1. The number of amides is 1. The van der Waals surface area contributed by atoms with Crippen LogP contribution in [0.5, 0.6) is 0 Å². The summed E-state index contributed by atoms with van der Waals surface area (Å²) in [6, 6.07) is 0.331. The lowest BCUT2D eigenvalue weighted by atomic mass is 10.3. The van der Waals surface area contributed by atoms with E-state index in [2.05, 4.69) is 22.6 Å². The van der Waals surface area contributed by atoms with Gasteiger partial charge in [0.15, 0.2) is 5.69 Å². The first-order valence-corrected chi connectivity index (χ1v) is 5.65. The fourth-order valence-electron chi connectivity index (χ4n) is 1.76. The van der Waals surface area contributed by atoms with Crippen LogP contribution in [-0.2, 0) is 6.54 Å². The lowest BCUT2D eigenvalue weighted by Crippen LogP contribution is -2.27. The molecule has 1 fully saturated rings. The van der Waals surface area contributed by atoms with E-state index in [4.69, 9.17) is 5.73 Å². The summed E-state index contributed by atoms with van der Waals surface area (Å²) >= 11 is 0. The van der Waals surface area contributed by atoms with E-state index < -0.39 is 0 Å². The van der Waals surface area contributed by atoms with Crippen molar-refractivity contribution >= 4 is 5.91 Å². The second-order valence-electron chi connectivity index (χ2n) is 4.14. The summed E-state index contributed by atoms with van der Waals surface area (Å²) in [5.41, 5.74) is 5.75. The Morgan fingerprint density at radius 2 is 2.56 bits per heavy atom. The molecule has 88 valence electrons. The lowest BCUT2D eigenvalue weighted by Gasteiger charge is -1.99. The molecule has 2 unspecified atom stereocenters. The van der Waals surface area contributed by atoms with Gasteiger partial charge in [0.25, 0.3) is 5.91 Å². The molecule has 1 aliphatic carbocycles. The number of hydrogen-bond acceptors (Lipinski definition) is 4. The molecular formula is C10H17N5O. The molecule has 0 saturated heterocycles. The van der Waals surface area contributed by atoms with Crippen molar-refractivity contribution in [1.29, 1.82) is 0 Å². The first kappa shape index (κ1) is 11.1. The Hall–Kier alpha value is -1.43. The Morgan fingerprint density at radius 3 is 3.19 bits per heavy atom. The van der Waals surface area contributed by atoms with Gasteiger partial charge >= 0.3 is 0 Å². The number of carbonyl (C=O) groups excluding carboxylic acids is 1. The molecule has 0 aromatic carbocycles. The molecule has 6 nitrogen and oxygen atoms in total. The molecule has 1 amide bonds. The van der Waals surface area contributed by atoms with Crippen molar-refractivity contribution < 1.29 is 4.79 Å². The van der Waals surface area contributed by atoms with Crippen LogP contribution in [0.2, 0.25) is 0 Å². The zero-order valence-corrected chi connectivity index (χ0v) is 9.39. The Kier molecular flexibility index (Phi) is 3.19. The van der Waals surface area contributed by atoms with E-state index in [0.717, 1.165) is 12.8 Å². The maximum absolute atomic E-state index is 11.7. The van der Waals surface area contributed by atoms with Gasteiger partial charge in [-0.15, -0.1) is 5.10 Å². The second kappa shape index (κ2) is 4.61. The zero-order chi connectivity index (χ0) is 11.5. The minimum absolute atomic E-state index is 0.135. The topological polar surface area (TPSA) is 85.8 Å². The maximum Gasteiger partial charge on any atom is 0.273 e. The van der Waals surface area contributed by atoms with Crippen molar-refractivity contribution in [2.45, 2.75) is 32.4 Å². The SMILES string of the molecule is CCC1CC1NC(=O)c1cn(CCN)nn1. The molecule has 1 aromatic rings. The molecule has 1 aromatic heterocycles. The lowest BCUT2D eigenvalue weighted by molar-refractivity contribution is 0.0944. The Balaban J connectivity index is 1.88. The molecule has 16 heavy (non-hydrogen) atoms. The molecule has 0 bridgehead atoms. The molecule has 6 heteroatoms. The molecule has 0 spiro atoms. The predicted molar refractivity (Wildman–Crippen MR) is 58.7 cm³/mol. The third kappa shape index (κ3) is 2.38. The van der Waals surface area contributed by atoms with Crippen LogP contribution < -0.4 is 11.1 Å². The van der Waals surface area contributed by atoms with E-state index in [-0.39, 0.29) is 5.91 Å². The first-order valence-electron chi connectivity index (χ1n) is 5.65. The molecule has 0 aliphatic heterocycles. The van der Waals surface area contributed by atoms with Crippen molar-refractivity contribution in [3.8, 4) is 0 Å². The Bertz CT molecular complexity index is 375. The van der Waals surface area contributed by atoms with Crippen LogP contribution in [0, 0.1) is 5.92 Å². The number of nitrogens with zero attached hydrogens (tertiary/aromatic N) is 3. The first-order chi connectivity index (χ1) is 7.74. The predicted octanol–water partition coefficient (Wildman–Crippen LogP) is -0.235. The van der Waals surface area contributed by atoms with Gasteiger partial charge in [-0.05, 0) is 12.3 Å². The summed E-state index contributed by atoms with van der Waals surface area (Å²) < 4.78 is 1.58. The molecule has 1 aliphatic rings. The summed E-state index contributed by atoms with van der Waals surface area (Å²) in [6.45, 7) is 3.21. The van der Waals surface area contributed by atoms with E-state index >= 15 is 0 Å². The molecule has 1 saturated carbocycles. The highest BCUT2D eigenvalue weighted by molar-refractivity contribution is 5.92. The average molecular weight is 223 g/mol. The van der Waals surface area contributed by atoms with Crippen LogP contribution in [0.1, 0.15) is 30.3 Å². The van der Waals surface area contributed by atoms with Crippen LogP contribution in [0.25, 0.3) is 0 Å². The quantitative estimate of drug-likeness (QED) is 0.721. The number of hydrogen-bond donors (Lipinski definition) is 2. The minimum atomic E-state index is -0.135. The number of nitrogens with one attached hydrogen (secondary N) is 1. The summed E-state index contributed by atoms with van der Waals surface area (Å²) in [7, 11) is 0. The van der Waals surface area contributed by atoms with Gasteiger partial charge in [0.05, 0.1) is 12.7 Å². The molecule has 3 N–H and O–H groups in total. The fourth-order valence-corrected chi connectivity index (χ4v) is 1.76. The van der Waals surface area contributed by atoms with Crippen molar-refractivity contribution in [3.63, 3.8) is 0 Å². The normalized spacial score (nSPS) is 23.1.